The number of ether oxygens (including phenoxy) is 1. The molecule has 1 atom stereocenters. The lowest BCUT2D eigenvalue weighted by Gasteiger charge is -2.30. The van der Waals surface area contributed by atoms with Gasteiger partial charge in [0.1, 0.15) is 24.3 Å². The monoisotopic (exact) mass is 323 g/mol. The highest BCUT2D eigenvalue weighted by Crippen LogP contribution is 2.24. The van der Waals surface area contributed by atoms with Gasteiger partial charge in [-0.1, -0.05) is 0 Å². The summed E-state index contributed by atoms with van der Waals surface area (Å²) in [6, 6.07) is -1.23. The minimum absolute atomic E-state index is 0.154. The summed E-state index contributed by atoms with van der Waals surface area (Å²) in [5, 5.41) is 18.6. The van der Waals surface area contributed by atoms with E-state index in [1.807, 2.05) is 0 Å². The quantitative estimate of drug-likeness (QED) is 0.598. The average Bonchev–Trinajstić information content (AvgIpc) is 2.94. The topological polar surface area (TPSA) is 135 Å². The predicted molar refractivity (Wildman–Crippen MR) is 76.3 cm³/mol. The minimum atomic E-state index is -1.23. The van der Waals surface area contributed by atoms with Gasteiger partial charge in [-0.15, -0.1) is 10.2 Å². The molecule has 0 saturated heterocycles. The number of nitrogens with zero attached hydrogens (tertiary/aromatic N) is 3. The Hall–Kier alpha value is -2.75. The van der Waals surface area contributed by atoms with Gasteiger partial charge >= 0.3 is 0 Å². The Bertz CT molecular complexity index is 637. The van der Waals surface area contributed by atoms with Crippen molar-refractivity contribution in [1.29, 1.82) is 0 Å². The number of hydrogen-bond donors (Lipinski definition) is 3. The Labute approximate surface area is 131 Å². The van der Waals surface area contributed by atoms with Crippen molar-refractivity contribution in [3.8, 4) is 0 Å². The molecule has 0 saturated carbocycles. The molecule has 0 aliphatic carbocycles. The maximum Gasteiger partial charge on any atom is 0.287 e. The van der Waals surface area contributed by atoms with Gasteiger partial charge in [-0.05, 0) is 13.8 Å². The highest BCUT2D eigenvalue weighted by atomic mass is 16.5. The Morgan fingerprint density at radius 2 is 2.09 bits per heavy atom. The van der Waals surface area contributed by atoms with E-state index in [9.17, 15) is 19.5 Å². The number of ketones is 1. The lowest BCUT2D eigenvalue weighted by Crippen LogP contribution is -2.49. The molecule has 10 nitrogen and oxygen atoms in total. The van der Waals surface area contributed by atoms with Crippen LogP contribution in [0, 0.1) is 0 Å². The number of nitrogens with one attached hydrogen (secondary N) is 2. The van der Waals surface area contributed by atoms with Crippen molar-refractivity contribution in [3.05, 3.63) is 24.5 Å². The largest absolute Gasteiger partial charge is 0.482 e. The van der Waals surface area contributed by atoms with Gasteiger partial charge in [-0.2, -0.15) is 0 Å². The maximum atomic E-state index is 12.1. The first-order valence-corrected chi connectivity index (χ1v) is 6.81. The highest BCUT2D eigenvalue weighted by Gasteiger charge is 2.33. The number of hydrogen-bond acceptors (Lipinski definition) is 7. The van der Waals surface area contributed by atoms with Crippen molar-refractivity contribution in [2.24, 2.45) is 0 Å². The maximum absolute atomic E-state index is 12.1. The molecule has 0 radical (unpaired) electrons. The van der Waals surface area contributed by atoms with Crippen LogP contribution in [0.3, 0.4) is 0 Å². The number of aliphatic hydroxyl groups excluding tert-OH is 1. The number of carbonyl (C=O) groups excluding carboxylic acids is 3. The molecular formula is C13H17N5O5. The van der Waals surface area contributed by atoms with E-state index in [4.69, 9.17) is 4.74 Å². The van der Waals surface area contributed by atoms with E-state index in [1.165, 1.54) is 17.3 Å². The molecule has 0 spiro atoms. The molecule has 124 valence electrons. The molecule has 1 aliphatic rings. The molecule has 0 unspecified atom stereocenters. The number of amides is 2. The van der Waals surface area contributed by atoms with Crippen LogP contribution in [0.1, 0.15) is 20.3 Å². The predicted octanol–water partition coefficient (Wildman–Crippen LogP) is -1.52. The van der Waals surface area contributed by atoms with Gasteiger partial charge in [0.15, 0.2) is 11.5 Å². The lowest BCUT2D eigenvalue weighted by molar-refractivity contribution is -0.133. The summed E-state index contributed by atoms with van der Waals surface area (Å²) in [5.74, 6) is -1.88. The SMILES string of the molecule is CC1(C)CC(=O)C=C(C(=O)N[C@@H](CO)C(=O)Nn2cnnc2)O1. The van der Waals surface area contributed by atoms with E-state index < -0.39 is 30.1 Å². The summed E-state index contributed by atoms with van der Waals surface area (Å²) < 4.78 is 6.59. The molecule has 2 rings (SSSR count). The smallest absolute Gasteiger partial charge is 0.287 e. The van der Waals surface area contributed by atoms with E-state index in [0.717, 1.165) is 6.08 Å². The lowest BCUT2D eigenvalue weighted by atomic mass is 9.98. The van der Waals surface area contributed by atoms with Gasteiger partial charge < -0.3 is 15.2 Å². The molecule has 2 heterocycles. The number of allylic oxidation sites excluding steroid dienone is 1. The van der Waals surface area contributed by atoms with Crippen LogP contribution in [-0.2, 0) is 19.1 Å². The first kappa shape index (κ1) is 16.6. The van der Waals surface area contributed by atoms with Crippen molar-refractivity contribution in [2.75, 3.05) is 12.0 Å². The second kappa shape index (κ2) is 6.57. The van der Waals surface area contributed by atoms with E-state index in [1.54, 1.807) is 13.8 Å². The number of aromatic nitrogens is 3. The van der Waals surface area contributed by atoms with Crippen LogP contribution in [0.5, 0.6) is 0 Å². The van der Waals surface area contributed by atoms with Gasteiger partial charge in [-0.25, -0.2) is 4.68 Å². The second-order valence-electron chi connectivity index (χ2n) is 5.57. The van der Waals surface area contributed by atoms with Crippen LogP contribution in [0.2, 0.25) is 0 Å². The number of carbonyl (C=O) groups is 3. The molecule has 1 aliphatic heterocycles. The first-order valence-electron chi connectivity index (χ1n) is 6.81. The summed E-state index contributed by atoms with van der Waals surface area (Å²) in [6.45, 7) is 2.71. The Morgan fingerprint density at radius 3 is 2.65 bits per heavy atom. The third-order valence-corrected chi connectivity index (χ3v) is 2.96. The zero-order valence-electron chi connectivity index (χ0n) is 12.6. The molecule has 0 bridgehead atoms. The van der Waals surface area contributed by atoms with Crippen LogP contribution in [0.15, 0.2) is 24.5 Å². The molecule has 1 aromatic heterocycles. The fourth-order valence-corrected chi connectivity index (χ4v) is 1.98. The summed E-state index contributed by atoms with van der Waals surface area (Å²) in [4.78, 5) is 35.7. The summed E-state index contributed by atoms with van der Waals surface area (Å²) in [6.07, 6.45) is 3.71. The molecule has 3 N–H and O–H groups in total. The highest BCUT2D eigenvalue weighted by molar-refractivity contribution is 6.03. The van der Waals surface area contributed by atoms with Crippen LogP contribution < -0.4 is 10.7 Å². The van der Waals surface area contributed by atoms with E-state index in [-0.39, 0.29) is 18.0 Å². The van der Waals surface area contributed by atoms with E-state index in [2.05, 4.69) is 20.9 Å². The van der Waals surface area contributed by atoms with E-state index >= 15 is 0 Å². The summed E-state index contributed by atoms with van der Waals surface area (Å²) in [5.41, 5.74) is 1.55. The van der Waals surface area contributed by atoms with Crippen LogP contribution >= 0.6 is 0 Å². The zero-order valence-corrected chi connectivity index (χ0v) is 12.6. The molecule has 0 fully saturated rings. The number of rotatable bonds is 5. The van der Waals surface area contributed by atoms with Gasteiger partial charge in [-0.3, -0.25) is 19.8 Å². The minimum Gasteiger partial charge on any atom is -0.482 e. The fraction of sp³-hybridized carbons (Fsp3) is 0.462. The Morgan fingerprint density at radius 1 is 1.43 bits per heavy atom. The molecule has 0 aromatic carbocycles. The standard InChI is InChI=1S/C13H17N5O5/c1-13(2)4-8(20)3-10(23-13)12(22)16-9(5-19)11(21)17-18-6-14-15-7-18/h3,6-7,9,19H,4-5H2,1-2H3,(H,16,22)(H,17,21)/t9-/m0/s1. The van der Waals surface area contributed by atoms with E-state index in [0.29, 0.717) is 0 Å². The summed E-state index contributed by atoms with van der Waals surface area (Å²) >= 11 is 0. The Balaban J connectivity index is 2.02. The van der Waals surface area contributed by atoms with Gasteiger partial charge in [0.05, 0.1) is 6.61 Å². The van der Waals surface area contributed by atoms with Crippen molar-refractivity contribution in [2.45, 2.75) is 31.9 Å². The average molecular weight is 323 g/mol. The second-order valence-corrected chi connectivity index (χ2v) is 5.57. The van der Waals surface area contributed by atoms with Crippen molar-refractivity contribution in [1.82, 2.24) is 20.2 Å². The first-order chi connectivity index (χ1) is 10.8. The molecule has 23 heavy (non-hydrogen) atoms. The van der Waals surface area contributed by atoms with Gasteiger partial charge in [0, 0.05) is 12.5 Å². The van der Waals surface area contributed by atoms with Gasteiger partial charge in [0.2, 0.25) is 0 Å². The fourth-order valence-electron chi connectivity index (χ4n) is 1.98. The summed E-state index contributed by atoms with van der Waals surface area (Å²) in [7, 11) is 0. The third-order valence-electron chi connectivity index (χ3n) is 2.96. The van der Waals surface area contributed by atoms with Crippen molar-refractivity contribution >= 4 is 17.6 Å². The third kappa shape index (κ3) is 4.36. The van der Waals surface area contributed by atoms with Crippen LogP contribution in [-0.4, -0.2) is 55.8 Å². The molecule has 10 heteroatoms. The van der Waals surface area contributed by atoms with Crippen molar-refractivity contribution < 1.29 is 24.2 Å². The normalized spacial score (nSPS) is 17.7. The number of aliphatic hydroxyl groups is 1. The molecular weight excluding hydrogens is 306 g/mol. The Kier molecular flexibility index (Phi) is 4.74. The van der Waals surface area contributed by atoms with Crippen LogP contribution in [0.25, 0.3) is 0 Å². The zero-order chi connectivity index (χ0) is 17.0. The van der Waals surface area contributed by atoms with Gasteiger partial charge in [0.25, 0.3) is 11.8 Å². The van der Waals surface area contributed by atoms with Crippen molar-refractivity contribution in [3.63, 3.8) is 0 Å². The van der Waals surface area contributed by atoms with Crippen LogP contribution in [0.4, 0.5) is 0 Å². The molecule has 2 amide bonds. The molecule has 1 aromatic rings.